The third-order valence-electron chi connectivity index (χ3n) is 2.71. The number of nitrogens with one attached hydrogen (secondary N) is 1. The van der Waals surface area contributed by atoms with Gasteiger partial charge in [0.2, 0.25) is 0 Å². The molecule has 0 bridgehead atoms. The number of carboxylic acids is 1. The van der Waals surface area contributed by atoms with Gasteiger partial charge in [0.25, 0.3) is 0 Å². The molecule has 0 aliphatic carbocycles. The number of carboxylic acid groups (broad SMARTS) is 1. The van der Waals surface area contributed by atoms with Crippen LogP contribution in [0.3, 0.4) is 0 Å². The van der Waals surface area contributed by atoms with Crippen LogP contribution in [-0.4, -0.2) is 30.7 Å². The van der Waals surface area contributed by atoms with E-state index in [4.69, 9.17) is 5.11 Å². The van der Waals surface area contributed by atoms with E-state index in [1.54, 1.807) is 24.3 Å². The summed E-state index contributed by atoms with van der Waals surface area (Å²) in [6, 6.07) is 6.86. The predicted octanol–water partition coefficient (Wildman–Crippen LogP) is 2.39. The zero-order chi connectivity index (χ0) is 14.5. The lowest BCUT2D eigenvalue weighted by molar-refractivity contribution is -0.139. The molecule has 0 fully saturated rings. The van der Waals surface area contributed by atoms with Gasteiger partial charge < -0.3 is 15.2 Å². The van der Waals surface area contributed by atoms with Crippen LogP contribution >= 0.6 is 0 Å². The van der Waals surface area contributed by atoms with Crippen LogP contribution in [-0.2, 0) is 9.53 Å². The normalized spacial score (nSPS) is 10.9. The Morgan fingerprint density at radius 3 is 2.32 bits per heavy atom. The average molecular weight is 265 g/mol. The van der Waals surface area contributed by atoms with Crippen LogP contribution in [0.5, 0.6) is 0 Å². The summed E-state index contributed by atoms with van der Waals surface area (Å²) in [5, 5.41) is 12.0. The molecule has 19 heavy (non-hydrogen) atoms. The van der Waals surface area contributed by atoms with Gasteiger partial charge in [-0.3, -0.25) is 4.79 Å². The fourth-order valence-corrected chi connectivity index (χ4v) is 1.66. The van der Waals surface area contributed by atoms with Crippen LogP contribution in [0.1, 0.15) is 30.6 Å². The summed E-state index contributed by atoms with van der Waals surface area (Å²) in [6.45, 7) is 4.31. The molecule has 0 spiro atoms. The standard InChI is InChI=1S/C14H19NO4/c1-14(2,8-12(16)17)9-15-11-6-4-10(5-7-11)13(18)19-3/h4-7,15H,8-9H2,1-3H3,(H,16,17). The summed E-state index contributed by atoms with van der Waals surface area (Å²) in [4.78, 5) is 22.0. The number of aliphatic carboxylic acids is 1. The van der Waals surface area contributed by atoms with Crippen molar-refractivity contribution < 1.29 is 19.4 Å². The molecule has 0 saturated carbocycles. The minimum Gasteiger partial charge on any atom is -0.481 e. The molecule has 0 aliphatic heterocycles. The van der Waals surface area contributed by atoms with E-state index in [2.05, 4.69) is 10.1 Å². The van der Waals surface area contributed by atoms with Gasteiger partial charge in [-0.05, 0) is 29.7 Å². The van der Waals surface area contributed by atoms with E-state index < -0.39 is 5.97 Å². The molecule has 0 saturated heterocycles. The van der Waals surface area contributed by atoms with Crippen molar-refractivity contribution in [2.45, 2.75) is 20.3 Å². The quantitative estimate of drug-likeness (QED) is 0.772. The summed E-state index contributed by atoms with van der Waals surface area (Å²) >= 11 is 0. The van der Waals surface area contributed by atoms with Gasteiger partial charge in [-0.15, -0.1) is 0 Å². The molecule has 0 radical (unpaired) electrons. The molecular formula is C14H19NO4. The van der Waals surface area contributed by atoms with Gasteiger partial charge in [0, 0.05) is 12.2 Å². The van der Waals surface area contributed by atoms with E-state index in [1.807, 2.05) is 13.8 Å². The second kappa shape index (κ2) is 6.22. The van der Waals surface area contributed by atoms with Gasteiger partial charge in [0.05, 0.1) is 19.1 Å². The van der Waals surface area contributed by atoms with E-state index in [0.717, 1.165) is 5.69 Å². The summed E-state index contributed by atoms with van der Waals surface area (Å²) in [5.41, 5.74) is 0.983. The predicted molar refractivity (Wildman–Crippen MR) is 72.3 cm³/mol. The summed E-state index contributed by atoms with van der Waals surface area (Å²) < 4.78 is 4.61. The number of carbonyl (C=O) groups is 2. The molecule has 1 aromatic rings. The Kier molecular flexibility index (Phi) is 4.92. The van der Waals surface area contributed by atoms with E-state index >= 15 is 0 Å². The number of hydrogen-bond acceptors (Lipinski definition) is 4. The molecule has 1 aromatic carbocycles. The molecule has 5 nitrogen and oxygen atoms in total. The third kappa shape index (κ3) is 4.99. The first kappa shape index (κ1) is 15.0. The first-order valence-electron chi connectivity index (χ1n) is 5.98. The molecule has 2 N–H and O–H groups in total. The summed E-state index contributed by atoms with van der Waals surface area (Å²) in [6.07, 6.45) is 0.0975. The van der Waals surface area contributed by atoms with Gasteiger partial charge >= 0.3 is 11.9 Å². The van der Waals surface area contributed by atoms with Crippen molar-refractivity contribution in [3.05, 3.63) is 29.8 Å². The lowest BCUT2D eigenvalue weighted by Crippen LogP contribution is -2.26. The first-order valence-corrected chi connectivity index (χ1v) is 5.98. The fraction of sp³-hybridized carbons (Fsp3) is 0.429. The lowest BCUT2D eigenvalue weighted by atomic mass is 9.89. The zero-order valence-corrected chi connectivity index (χ0v) is 11.4. The largest absolute Gasteiger partial charge is 0.481 e. The smallest absolute Gasteiger partial charge is 0.337 e. The van der Waals surface area contributed by atoms with Crippen molar-refractivity contribution in [2.24, 2.45) is 5.41 Å². The molecule has 0 unspecified atom stereocenters. The van der Waals surface area contributed by atoms with Crippen molar-refractivity contribution in [1.29, 1.82) is 0 Å². The van der Waals surface area contributed by atoms with Crippen LogP contribution in [0.2, 0.25) is 0 Å². The Labute approximate surface area is 112 Å². The molecular weight excluding hydrogens is 246 g/mol. The maximum atomic E-state index is 11.3. The number of carbonyl (C=O) groups excluding carboxylic acids is 1. The number of anilines is 1. The Morgan fingerprint density at radius 2 is 1.84 bits per heavy atom. The Bertz CT molecular complexity index is 451. The van der Waals surface area contributed by atoms with E-state index in [-0.39, 0.29) is 17.8 Å². The van der Waals surface area contributed by atoms with Crippen molar-refractivity contribution >= 4 is 17.6 Å². The molecule has 1 rings (SSSR count). The maximum Gasteiger partial charge on any atom is 0.337 e. The van der Waals surface area contributed by atoms with Gasteiger partial charge in [0.1, 0.15) is 0 Å². The number of ether oxygens (including phenoxy) is 1. The fourth-order valence-electron chi connectivity index (χ4n) is 1.66. The Morgan fingerprint density at radius 1 is 1.26 bits per heavy atom. The van der Waals surface area contributed by atoms with E-state index in [0.29, 0.717) is 12.1 Å². The molecule has 0 aromatic heterocycles. The van der Waals surface area contributed by atoms with Gasteiger partial charge in [-0.2, -0.15) is 0 Å². The minimum absolute atomic E-state index is 0.0975. The highest BCUT2D eigenvalue weighted by Gasteiger charge is 2.21. The van der Waals surface area contributed by atoms with E-state index in [9.17, 15) is 9.59 Å². The summed E-state index contributed by atoms with van der Waals surface area (Å²) in [7, 11) is 1.34. The van der Waals surface area contributed by atoms with Gasteiger partial charge in [0.15, 0.2) is 0 Å². The average Bonchev–Trinajstić information content (AvgIpc) is 2.34. The third-order valence-corrected chi connectivity index (χ3v) is 2.71. The zero-order valence-electron chi connectivity index (χ0n) is 11.4. The van der Waals surface area contributed by atoms with Gasteiger partial charge in [-0.1, -0.05) is 13.8 Å². The Balaban J connectivity index is 2.59. The van der Waals surface area contributed by atoms with E-state index in [1.165, 1.54) is 7.11 Å². The first-order chi connectivity index (χ1) is 8.84. The van der Waals surface area contributed by atoms with Crippen molar-refractivity contribution in [2.75, 3.05) is 19.0 Å². The highest BCUT2D eigenvalue weighted by atomic mass is 16.5. The minimum atomic E-state index is -0.812. The monoisotopic (exact) mass is 265 g/mol. The lowest BCUT2D eigenvalue weighted by Gasteiger charge is -2.23. The highest BCUT2D eigenvalue weighted by Crippen LogP contribution is 2.21. The van der Waals surface area contributed by atoms with Crippen LogP contribution in [0.15, 0.2) is 24.3 Å². The summed E-state index contributed by atoms with van der Waals surface area (Å²) in [5.74, 6) is -1.19. The molecule has 104 valence electrons. The molecule has 0 heterocycles. The molecule has 0 aliphatic rings. The van der Waals surface area contributed by atoms with Crippen LogP contribution in [0.25, 0.3) is 0 Å². The number of rotatable bonds is 6. The second-order valence-electron chi connectivity index (χ2n) is 5.16. The number of esters is 1. The molecule has 0 amide bonds. The van der Waals surface area contributed by atoms with Crippen molar-refractivity contribution in [1.82, 2.24) is 0 Å². The van der Waals surface area contributed by atoms with Crippen LogP contribution in [0.4, 0.5) is 5.69 Å². The number of benzene rings is 1. The highest BCUT2D eigenvalue weighted by molar-refractivity contribution is 5.89. The van der Waals surface area contributed by atoms with Crippen LogP contribution in [0, 0.1) is 5.41 Å². The Hall–Kier alpha value is -2.04. The molecule has 0 atom stereocenters. The second-order valence-corrected chi connectivity index (χ2v) is 5.16. The SMILES string of the molecule is COC(=O)c1ccc(NCC(C)(C)CC(=O)O)cc1. The van der Waals surface area contributed by atoms with Crippen molar-refractivity contribution in [3.63, 3.8) is 0 Å². The molecule has 5 heteroatoms. The maximum absolute atomic E-state index is 11.3. The number of hydrogen-bond donors (Lipinski definition) is 2. The van der Waals surface area contributed by atoms with Crippen molar-refractivity contribution in [3.8, 4) is 0 Å². The topological polar surface area (TPSA) is 75.6 Å². The van der Waals surface area contributed by atoms with Crippen LogP contribution < -0.4 is 5.32 Å². The van der Waals surface area contributed by atoms with Gasteiger partial charge in [-0.25, -0.2) is 4.79 Å². The number of methoxy groups -OCH3 is 1.